The van der Waals surface area contributed by atoms with Crippen molar-refractivity contribution in [2.75, 3.05) is 19.8 Å². The molecule has 0 aliphatic carbocycles. The summed E-state index contributed by atoms with van der Waals surface area (Å²) in [6.07, 6.45) is -43.3. The highest BCUT2D eigenvalue weighted by molar-refractivity contribution is 6.03. The largest absolute Gasteiger partial charge is 0.490 e. The Labute approximate surface area is 770 Å². The average Bonchev–Trinajstić information content (AvgIpc) is 0.714. The van der Waals surface area contributed by atoms with Crippen LogP contribution in [0.1, 0.15) is 216 Å². The second kappa shape index (κ2) is 44.6. The molecule has 0 atom stereocenters. The maximum atomic E-state index is 14.6. The molecule has 145 heavy (non-hydrogen) atoms. The van der Waals surface area contributed by atoms with Gasteiger partial charge in [0.05, 0.1) is 25.4 Å². The van der Waals surface area contributed by atoms with Gasteiger partial charge in [-0.2, -0.15) is 277 Å². The van der Waals surface area contributed by atoms with Crippen molar-refractivity contribution in [2.24, 2.45) is 0 Å². The first-order valence-electron chi connectivity index (χ1n) is 40.8. The van der Waals surface area contributed by atoms with Gasteiger partial charge in [0.1, 0.15) is 0 Å². The Morgan fingerprint density at radius 3 is 0.517 bits per heavy atom. The van der Waals surface area contributed by atoms with Crippen LogP contribution in [0.5, 0.6) is 17.2 Å². The fourth-order valence-corrected chi connectivity index (χ4v) is 12.7. The lowest BCUT2D eigenvalue weighted by molar-refractivity contribution is -0.474. The lowest BCUT2D eigenvalue weighted by Gasteiger charge is -2.44. The number of hydrogen-bond donors (Lipinski definition) is 0. The molecule has 1 aromatic rings. The number of rotatable bonds is 65. The third-order valence-electron chi connectivity index (χ3n) is 21.8. The highest BCUT2D eigenvalue weighted by atomic mass is 19.5. The number of carbonyl (C=O) groups excluding carboxylic acids is 3. The van der Waals surface area contributed by atoms with Gasteiger partial charge in [0.15, 0.2) is 11.5 Å². The lowest BCUT2D eigenvalue weighted by Crippen LogP contribution is -2.76. The quantitative estimate of drug-likeness (QED) is 0.0364. The molecule has 0 saturated carbocycles. The Morgan fingerprint density at radius 1 is 0.200 bits per heavy atom. The Hall–Kier alpha value is -7.18. The number of hydroxylamine groups is 2. The molecule has 2 rings (SSSR count). The van der Waals surface area contributed by atoms with Gasteiger partial charge in [0, 0.05) is 32.1 Å². The number of ether oxygens (including phenoxy) is 3. The third kappa shape index (κ3) is 24.2. The number of alkyl halides is 63. The van der Waals surface area contributed by atoms with E-state index < -0.39 is 329 Å². The summed E-state index contributed by atoms with van der Waals surface area (Å²) in [5.41, 5.74) is -0.673. The third-order valence-corrected chi connectivity index (χ3v) is 21.8. The van der Waals surface area contributed by atoms with Crippen LogP contribution in [-0.4, -0.2) is 221 Å². The smallest absolute Gasteiger partial charge is 0.460 e. The van der Waals surface area contributed by atoms with Gasteiger partial charge in [-0.1, -0.05) is 135 Å². The minimum Gasteiger partial charge on any atom is -0.490 e. The molecule has 1 aliphatic rings. The van der Waals surface area contributed by atoms with Crippen LogP contribution >= 0.6 is 0 Å². The number of amides is 2. The molecule has 0 radical (unpaired) electrons. The number of benzene rings is 1. The van der Waals surface area contributed by atoms with E-state index in [2.05, 4.69) is 0 Å². The summed E-state index contributed by atoms with van der Waals surface area (Å²) in [7, 11) is 0. The highest BCUT2D eigenvalue weighted by Crippen LogP contribution is 2.72. The minimum absolute atomic E-state index is 0.00158. The summed E-state index contributed by atoms with van der Waals surface area (Å²) in [6, 6.07) is 1.64. The predicted molar refractivity (Wildman–Crippen MR) is 360 cm³/mol. The van der Waals surface area contributed by atoms with Crippen molar-refractivity contribution in [1.29, 1.82) is 0 Å². The van der Waals surface area contributed by atoms with Crippen LogP contribution in [0.2, 0.25) is 0 Å². The standard InChI is InChI=1S/C74H72F63NO7/c75-45(76,48(81,82)51(87,88)54(93,94)57(99,100)60(105,106)63(111,112)66(117,118)69(123,124)72(129,130)131)30-22-16-10-4-1-7-13-19-25-33-142-39-36-38(44(141)145-138-41(139)28-29-42(138)140)37-40(143-34-26-20-14-8-2-5-11-17-23-31-46(77,78)49(83,84)52(89,90)55(95,96)58(101,102)61(107,108)64(113,114)67(119,120)70(125,126)73(132,133)134)43(39)144-35-27-21-15-9-3-6-12-18-24-32-47(79,80)50(85,86)53(91,92)56(97,98)59(103,104)62(109,110)65(115,116)68(121,122)71(127,128)74(135,136)137/h36-37H,1-35H2. The molecule has 856 valence electrons. The van der Waals surface area contributed by atoms with Gasteiger partial charge in [-0.05, 0) is 50.7 Å². The van der Waals surface area contributed by atoms with Crippen molar-refractivity contribution in [3.8, 4) is 17.2 Å². The highest BCUT2D eigenvalue weighted by Gasteiger charge is 3.02. The second-order valence-corrected chi connectivity index (χ2v) is 32.5. The summed E-state index contributed by atoms with van der Waals surface area (Å²) in [5.74, 6) is -241. The van der Waals surface area contributed by atoms with Crippen molar-refractivity contribution < 1.29 is 310 Å². The van der Waals surface area contributed by atoms with Crippen LogP contribution in [0.25, 0.3) is 0 Å². The molecular weight excluding hydrogens is 2210 g/mol. The SMILES string of the molecule is O=C(ON1C(=O)CCC1=O)c1cc(OCCCCCCCCCCCC(F)(F)C(F)(F)C(F)(F)C(F)(F)C(F)(F)C(F)(F)C(F)(F)C(F)(F)C(F)(F)C(F)(F)F)c(OCCCCCCCCCCCC(F)(F)C(F)(F)C(F)(F)C(F)(F)C(F)(F)C(F)(F)C(F)(F)C(F)(F)C(F)(F)C(F)(F)F)c(OCCCCCCCCCCCC(F)(F)C(F)(F)C(F)(F)C(F)(F)C(F)(F)C(F)(F)C(F)(F)C(F)(F)C(F)(F)C(F)(F)F)c1. The van der Waals surface area contributed by atoms with E-state index in [0.29, 0.717) is 0 Å². The normalized spacial score (nSPS) is 16.0. The monoisotopic (exact) mass is 2280 g/mol. The van der Waals surface area contributed by atoms with Crippen molar-refractivity contribution in [3.63, 3.8) is 0 Å². The Kier molecular flexibility index (Phi) is 41.2. The van der Waals surface area contributed by atoms with Crippen LogP contribution in [0, 0.1) is 0 Å². The first-order valence-corrected chi connectivity index (χ1v) is 40.8. The van der Waals surface area contributed by atoms with E-state index in [4.69, 9.17) is 19.0 Å². The molecule has 71 heteroatoms. The molecule has 0 unspecified atom stereocenters. The Bertz CT molecular complexity index is 4150. The topological polar surface area (TPSA) is 91.4 Å². The van der Waals surface area contributed by atoms with Crippen molar-refractivity contribution in [2.45, 2.75) is 384 Å². The zero-order valence-electron chi connectivity index (χ0n) is 71.5. The zero-order chi connectivity index (χ0) is 115. The summed E-state index contributed by atoms with van der Waals surface area (Å²) in [4.78, 5) is 43.2. The number of nitrogens with zero attached hydrogens (tertiary/aromatic N) is 1. The van der Waals surface area contributed by atoms with E-state index in [1.165, 1.54) is 0 Å². The Morgan fingerprint density at radius 2 is 0.345 bits per heavy atom. The van der Waals surface area contributed by atoms with E-state index in [1.807, 2.05) is 0 Å². The first kappa shape index (κ1) is 134. The average molecular weight is 2280 g/mol. The van der Waals surface area contributed by atoms with Crippen LogP contribution in [-0.2, 0) is 14.4 Å². The molecule has 1 saturated heterocycles. The van der Waals surface area contributed by atoms with Crippen LogP contribution in [0.3, 0.4) is 0 Å². The number of carbonyl (C=O) groups is 3. The summed E-state index contributed by atoms with van der Waals surface area (Å²) >= 11 is 0. The van der Waals surface area contributed by atoms with Gasteiger partial charge in [0.2, 0.25) is 5.75 Å². The second-order valence-electron chi connectivity index (χ2n) is 32.5. The van der Waals surface area contributed by atoms with Gasteiger partial charge in [-0.3, -0.25) is 9.59 Å². The summed E-state index contributed by atoms with van der Waals surface area (Å²) in [5, 5.41) is 0.00158. The van der Waals surface area contributed by atoms with E-state index >= 15 is 0 Å². The molecule has 8 nitrogen and oxygen atoms in total. The van der Waals surface area contributed by atoms with Gasteiger partial charge >= 0.3 is 184 Å². The van der Waals surface area contributed by atoms with Crippen molar-refractivity contribution in [1.82, 2.24) is 5.06 Å². The van der Waals surface area contributed by atoms with Gasteiger partial charge < -0.3 is 19.0 Å². The Balaban J connectivity index is 2.36. The number of unbranched alkanes of at least 4 members (excludes halogenated alkanes) is 24. The van der Waals surface area contributed by atoms with Gasteiger partial charge in [0.25, 0.3) is 11.8 Å². The molecule has 0 aromatic heterocycles. The molecule has 0 spiro atoms. The lowest BCUT2D eigenvalue weighted by atomic mass is 9.85. The van der Waals surface area contributed by atoms with E-state index in [9.17, 15) is 291 Å². The number of halogens is 63. The van der Waals surface area contributed by atoms with Crippen LogP contribution < -0.4 is 14.2 Å². The summed E-state index contributed by atoms with van der Waals surface area (Å²) < 4.78 is 889. The van der Waals surface area contributed by atoms with Crippen LogP contribution in [0.4, 0.5) is 277 Å². The number of hydrogen-bond acceptors (Lipinski definition) is 7. The molecule has 2 amide bonds. The first-order chi connectivity index (χ1) is 64.2. The molecular formula is C74H72F63NO7. The number of imide groups is 1. The van der Waals surface area contributed by atoms with Gasteiger partial charge in [-0.25, -0.2) is 4.79 Å². The zero-order valence-corrected chi connectivity index (χ0v) is 71.5. The molecule has 0 N–H and O–H groups in total. The molecule has 1 heterocycles. The fourth-order valence-electron chi connectivity index (χ4n) is 12.7. The fraction of sp³-hybridized carbons (Fsp3) is 0.878. The van der Waals surface area contributed by atoms with E-state index in [0.717, 1.165) is 12.1 Å². The van der Waals surface area contributed by atoms with Gasteiger partial charge in [-0.15, -0.1) is 5.06 Å². The van der Waals surface area contributed by atoms with Crippen LogP contribution in [0.15, 0.2) is 12.1 Å². The van der Waals surface area contributed by atoms with Crippen molar-refractivity contribution in [3.05, 3.63) is 17.7 Å². The van der Waals surface area contributed by atoms with E-state index in [1.54, 1.807) is 0 Å². The summed E-state index contributed by atoms with van der Waals surface area (Å²) in [6.45, 7) is -1.46. The molecule has 0 bridgehead atoms. The predicted octanol–water partition coefficient (Wildman–Crippen LogP) is 32.6. The molecule has 1 fully saturated rings. The molecule has 1 aliphatic heterocycles. The minimum atomic E-state index is -9.39. The maximum absolute atomic E-state index is 14.6. The maximum Gasteiger partial charge on any atom is 0.460 e. The van der Waals surface area contributed by atoms with E-state index in [-0.39, 0.29) is 121 Å². The van der Waals surface area contributed by atoms with Crippen molar-refractivity contribution >= 4 is 17.8 Å². The molecule has 1 aromatic carbocycles.